The number of rotatable bonds is 6. The summed E-state index contributed by atoms with van der Waals surface area (Å²) < 4.78 is 1.87. The summed E-state index contributed by atoms with van der Waals surface area (Å²) in [5.74, 6) is 0. The summed E-state index contributed by atoms with van der Waals surface area (Å²) in [7, 11) is 0. The minimum atomic E-state index is 0.203. The Hall–Kier alpha value is -0.0600. The van der Waals surface area contributed by atoms with Gasteiger partial charge in [-0.05, 0) is 48.9 Å². The molecule has 2 rings (SSSR count). The molecule has 5 heteroatoms. The molecule has 0 aliphatic carbocycles. The predicted molar refractivity (Wildman–Crippen MR) is 93.2 cm³/mol. The van der Waals surface area contributed by atoms with Crippen molar-refractivity contribution in [1.82, 2.24) is 5.32 Å². The van der Waals surface area contributed by atoms with E-state index in [0.717, 1.165) is 38.8 Å². The number of halogens is 3. The molecule has 0 amide bonds. The topological polar surface area (TPSA) is 12.0 Å². The van der Waals surface area contributed by atoms with Crippen LogP contribution in [0.3, 0.4) is 0 Å². The van der Waals surface area contributed by atoms with Crippen molar-refractivity contribution in [3.8, 4) is 0 Å². The first-order chi connectivity index (χ1) is 9.60. The quantitative estimate of drug-likeness (QED) is 0.625. The first-order valence-corrected chi connectivity index (χ1v) is 8.89. The summed E-state index contributed by atoms with van der Waals surface area (Å²) in [5.41, 5.74) is 1.12. The van der Waals surface area contributed by atoms with Gasteiger partial charge in [0, 0.05) is 26.8 Å². The van der Waals surface area contributed by atoms with Crippen molar-refractivity contribution < 1.29 is 0 Å². The van der Waals surface area contributed by atoms with Crippen LogP contribution in [0.4, 0.5) is 0 Å². The maximum absolute atomic E-state index is 6.36. The first kappa shape index (κ1) is 16.3. The Labute approximate surface area is 142 Å². The van der Waals surface area contributed by atoms with Crippen LogP contribution < -0.4 is 5.32 Å². The molecule has 0 aliphatic heterocycles. The lowest BCUT2D eigenvalue weighted by Gasteiger charge is -2.20. The van der Waals surface area contributed by atoms with Crippen molar-refractivity contribution in [1.29, 1.82) is 0 Å². The van der Waals surface area contributed by atoms with E-state index in [0.29, 0.717) is 0 Å². The molecule has 1 atom stereocenters. The lowest BCUT2D eigenvalue weighted by atomic mass is 10.0. The molecule has 1 unspecified atom stereocenters. The van der Waals surface area contributed by atoms with Gasteiger partial charge in [0.2, 0.25) is 0 Å². The summed E-state index contributed by atoms with van der Waals surface area (Å²) in [6.45, 7) is 3.13. The molecule has 1 N–H and O–H groups in total. The molecule has 0 fully saturated rings. The van der Waals surface area contributed by atoms with E-state index in [-0.39, 0.29) is 6.04 Å². The third kappa shape index (κ3) is 4.47. The van der Waals surface area contributed by atoms with Crippen LogP contribution in [0.1, 0.15) is 29.8 Å². The van der Waals surface area contributed by atoms with Gasteiger partial charge in [-0.25, -0.2) is 0 Å². The molecule has 1 aromatic heterocycles. The standard InChI is InChI=1S/C15H16BrCl2NS/c1-2-7-19-14(9-11-4-6-15(18)20-11)12-8-10(16)3-5-13(12)17/h3-6,8,14,19H,2,7,9H2,1H3. The number of nitrogens with one attached hydrogen (secondary N) is 1. The van der Waals surface area contributed by atoms with Crippen molar-refractivity contribution in [3.05, 3.63) is 54.6 Å². The summed E-state index contributed by atoms with van der Waals surface area (Å²) >= 11 is 17.5. The van der Waals surface area contributed by atoms with Gasteiger partial charge < -0.3 is 5.32 Å². The van der Waals surface area contributed by atoms with Gasteiger partial charge >= 0.3 is 0 Å². The Bertz CT molecular complexity index is 571. The molecule has 1 nitrogen and oxygen atoms in total. The second-order valence-electron chi connectivity index (χ2n) is 4.58. The third-order valence-corrected chi connectivity index (χ3v) is 5.10. The summed E-state index contributed by atoms with van der Waals surface area (Å²) in [5, 5.41) is 4.37. The largest absolute Gasteiger partial charge is 0.310 e. The molecule has 0 saturated heterocycles. The van der Waals surface area contributed by atoms with E-state index in [1.54, 1.807) is 11.3 Å². The zero-order chi connectivity index (χ0) is 14.5. The lowest BCUT2D eigenvalue weighted by molar-refractivity contribution is 0.532. The van der Waals surface area contributed by atoms with Crippen LogP contribution in [0, 0.1) is 0 Å². The molecule has 0 saturated carbocycles. The minimum absolute atomic E-state index is 0.203. The molecular weight excluding hydrogens is 377 g/mol. The first-order valence-electron chi connectivity index (χ1n) is 6.52. The molecule has 108 valence electrons. The molecular formula is C15H16BrCl2NS. The maximum atomic E-state index is 6.36. The highest BCUT2D eigenvalue weighted by molar-refractivity contribution is 9.10. The van der Waals surface area contributed by atoms with Crippen molar-refractivity contribution in [2.24, 2.45) is 0 Å². The third-order valence-electron chi connectivity index (χ3n) is 3.01. The second kappa shape index (κ2) is 7.81. The molecule has 1 heterocycles. The van der Waals surface area contributed by atoms with Crippen LogP contribution in [0.2, 0.25) is 9.36 Å². The molecule has 0 radical (unpaired) electrons. The maximum Gasteiger partial charge on any atom is 0.0931 e. The monoisotopic (exact) mass is 391 g/mol. The second-order valence-corrected chi connectivity index (χ2v) is 7.70. The van der Waals surface area contributed by atoms with Gasteiger partial charge in [0.25, 0.3) is 0 Å². The van der Waals surface area contributed by atoms with Crippen molar-refractivity contribution in [3.63, 3.8) is 0 Å². The van der Waals surface area contributed by atoms with E-state index in [9.17, 15) is 0 Å². The summed E-state index contributed by atoms with van der Waals surface area (Å²) in [6.07, 6.45) is 1.99. The fraction of sp³-hybridized carbons (Fsp3) is 0.333. The van der Waals surface area contributed by atoms with Crippen LogP contribution >= 0.6 is 50.5 Å². The van der Waals surface area contributed by atoms with Crippen LogP contribution in [0.25, 0.3) is 0 Å². The van der Waals surface area contributed by atoms with Gasteiger partial charge in [0.05, 0.1) is 4.34 Å². The van der Waals surface area contributed by atoms with Gasteiger partial charge in [0.15, 0.2) is 0 Å². The molecule has 0 bridgehead atoms. The van der Waals surface area contributed by atoms with Gasteiger partial charge in [0.1, 0.15) is 0 Å². The van der Waals surface area contributed by atoms with Gasteiger partial charge in [-0.2, -0.15) is 0 Å². The van der Waals surface area contributed by atoms with Crippen LogP contribution in [-0.4, -0.2) is 6.54 Å². The van der Waals surface area contributed by atoms with Gasteiger partial charge in [-0.1, -0.05) is 46.1 Å². The van der Waals surface area contributed by atoms with Crippen molar-refractivity contribution in [2.45, 2.75) is 25.8 Å². The molecule has 2 aromatic rings. The smallest absolute Gasteiger partial charge is 0.0931 e. The van der Waals surface area contributed by atoms with E-state index in [2.05, 4.69) is 40.3 Å². The minimum Gasteiger partial charge on any atom is -0.310 e. The van der Waals surface area contributed by atoms with Crippen LogP contribution in [0.15, 0.2) is 34.8 Å². The lowest BCUT2D eigenvalue weighted by Crippen LogP contribution is -2.24. The fourth-order valence-corrected chi connectivity index (χ4v) is 3.82. The van der Waals surface area contributed by atoms with Crippen molar-refractivity contribution in [2.75, 3.05) is 6.54 Å². The van der Waals surface area contributed by atoms with Crippen LogP contribution in [-0.2, 0) is 6.42 Å². The van der Waals surface area contributed by atoms with E-state index in [1.165, 1.54) is 4.88 Å². The highest BCUT2D eigenvalue weighted by atomic mass is 79.9. The normalized spacial score (nSPS) is 12.6. The van der Waals surface area contributed by atoms with E-state index < -0.39 is 0 Å². The van der Waals surface area contributed by atoms with E-state index in [1.807, 2.05) is 18.2 Å². The molecule has 20 heavy (non-hydrogen) atoms. The number of hydrogen-bond donors (Lipinski definition) is 1. The highest BCUT2D eigenvalue weighted by Gasteiger charge is 2.16. The summed E-state index contributed by atoms with van der Waals surface area (Å²) in [6, 6.07) is 10.2. The predicted octanol–water partition coefficient (Wildman–Crippen LogP) is 6.10. The Morgan fingerprint density at radius 2 is 2.05 bits per heavy atom. The summed E-state index contributed by atoms with van der Waals surface area (Å²) in [4.78, 5) is 1.26. The zero-order valence-corrected chi connectivity index (χ0v) is 15.0. The Balaban J connectivity index is 2.24. The fourth-order valence-electron chi connectivity index (χ4n) is 2.05. The van der Waals surface area contributed by atoms with E-state index >= 15 is 0 Å². The number of benzene rings is 1. The molecule has 0 spiro atoms. The molecule has 1 aromatic carbocycles. The Morgan fingerprint density at radius 1 is 1.25 bits per heavy atom. The zero-order valence-electron chi connectivity index (χ0n) is 11.1. The number of thiophene rings is 1. The van der Waals surface area contributed by atoms with Gasteiger partial charge in [-0.15, -0.1) is 11.3 Å². The van der Waals surface area contributed by atoms with Crippen LogP contribution in [0.5, 0.6) is 0 Å². The average molecular weight is 393 g/mol. The average Bonchev–Trinajstić information content (AvgIpc) is 2.83. The Kier molecular flexibility index (Phi) is 6.37. The molecule has 0 aliphatic rings. The van der Waals surface area contributed by atoms with Crippen molar-refractivity contribution >= 4 is 50.5 Å². The van der Waals surface area contributed by atoms with Gasteiger partial charge in [-0.3, -0.25) is 0 Å². The Morgan fingerprint density at radius 3 is 2.70 bits per heavy atom. The number of hydrogen-bond acceptors (Lipinski definition) is 2. The van der Waals surface area contributed by atoms with E-state index in [4.69, 9.17) is 23.2 Å². The highest BCUT2D eigenvalue weighted by Crippen LogP contribution is 2.31. The SMILES string of the molecule is CCCNC(Cc1ccc(Cl)s1)c1cc(Br)ccc1Cl.